The molecule has 1 aliphatic rings. The van der Waals surface area contributed by atoms with Gasteiger partial charge in [-0.2, -0.15) is 0 Å². The summed E-state index contributed by atoms with van der Waals surface area (Å²) in [7, 11) is 0. The Morgan fingerprint density at radius 1 is 1.33 bits per heavy atom. The van der Waals surface area contributed by atoms with Crippen LogP contribution in [0, 0.1) is 5.92 Å². The fourth-order valence-corrected chi connectivity index (χ4v) is 3.21. The molecule has 1 unspecified atom stereocenters. The molecule has 1 aromatic heterocycles. The van der Waals surface area contributed by atoms with Gasteiger partial charge in [-0.25, -0.2) is 0 Å². The Morgan fingerprint density at radius 2 is 2.07 bits per heavy atom. The first-order chi connectivity index (χ1) is 7.25. The van der Waals surface area contributed by atoms with E-state index in [1.807, 2.05) is 6.92 Å². The Labute approximate surface area is 100 Å². The molecule has 4 heteroatoms. The summed E-state index contributed by atoms with van der Waals surface area (Å²) in [5, 5.41) is 10.5. The smallest absolute Gasteiger partial charge is 0.135 e. The van der Waals surface area contributed by atoms with Gasteiger partial charge in [0, 0.05) is 6.42 Å². The van der Waals surface area contributed by atoms with Crippen LogP contribution in [-0.4, -0.2) is 10.2 Å². The summed E-state index contributed by atoms with van der Waals surface area (Å²) in [5.41, 5.74) is 0. The van der Waals surface area contributed by atoms with Gasteiger partial charge in [-0.05, 0) is 12.8 Å². The molecule has 0 saturated heterocycles. The van der Waals surface area contributed by atoms with Gasteiger partial charge in [0.15, 0.2) is 0 Å². The summed E-state index contributed by atoms with van der Waals surface area (Å²) in [6.45, 7) is 1.95. The normalized spacial score (nSPS) is 20.4. The predicted molar refractivity (Wildman–Crippen MR) is 64.5 cm³/mol. The molecular formula is C11H17ClN2S. The third-order valence-electron chi connectivity index (χ3n) is 3.01. The van der Waals surface area contributed by atoms with E-state index in [-0.39, 0.29) is 5.38 Å². The first kappa shape index (κ1) is 11.3. The lowest BCUT2D eigenvalue weighted by Crippen LogP contribution is -2.08. The van der Waals surface area contributed by atoms with Crippen LogP contribution in [0.5, 0.6) is 0 Å². The maximum absolute atomic E-state index is 5.97. The van der Waals surface area contributed by atoms with Crippen molar-refractivity contribution in [2.24, 2.45) is 5.92 Å². The van der Waals surface area contributed by atoms with E-state index in [0.29, 0.717) is 0 Å². The van der Waals surface area contributed by atoms with E-state index in [4.69, 9.17) is 11.6 Å². The zero-order valence-corrected chi connectivity index (χ0v) is 10.7. The van der Waals surface area contributed by atoms with Crippen molar-refractivity contribution in [1.82, 2.24) is 10.2 Å². The SMILES string of the molecule is CC(Cl)c1nnc(CC2CCCCC2)s1. The minimum absolute atomic E-state index is 0.00241. The lowest BCUT2D eigenvalue weighted by Gasteiger charge is -2.19. The highest BCUT2D eigenvalue weighted by Crippen LogP contribution is 2.29. The molecule has 84 valence electrons. The molecule has 1 aromatic rings. The summed E-state index contributed by atoms with van der Waals surface area (Å²) >= 11 is 7.65. The van der Waals surface area contributed by atoms with Crippen LogP contribution in [0.25, 0.3) is 0 Å². The molecule has 1 aliphatic carbocycles. The van der Waals surface area contributed by atoms with Gasteiger partial charge in [0.1, 0.15) is 10.0 Å². The van der Waals surface area contributed by atoms with Crippen LogP contribution in [0.4, 0.5) is 0 Å². The molecule has 1 saturated carbocycles. The molecule has 0 radical (unpaired) electrons. The summed E-state index contributed by atoms with van der Waals surface area (Å²) in [5.74, 6) is 0.838. The highest BCUT2D eigenvalue weighted by atomic mass is 35.5. The third-order valence-corrected chi connectivity index (χ3v) is 4.48. The van der Waals surface area contributed by atoms with Gasteiger partial charge in [0.05, 0.1) is 5.38 Å². The molecule has 0 spiro atoms. The number of rotatable bonds is 3. The van der Waals surface area contributed by atoms with Crippen molar-refractivity contribution in [1.29, 1.82) is 0 Å². The minimum atomic E-state index is 0.00241. The number of hydrogen-bond donors (Lipinski definition) is 0. The lowest BCUT2D eigenvalue weighted by atomic mass is 9.87. The zero-order valence-electron chi connectivity index (χ0n) is 9.08. The van der Waals surface area contributed by atoms with Crippen molar-refractivity contribution in [2.75, 3.05) is 0 Å². The van der Waals surface area contributed by atoms with Gasteiger partial charge < -0.3 is 0 Å². The summed E-state index contributed by atoms with van der Waals surface area (Å²) in [6.07, 6.45) is 8.04. The molecule has 0 bridgehead atoms. The van der Waals surface area contributed by atoms with Gasteiger partial charge >= 0.3 is 0 Å². The van der Waals surface area contributed by atoms with Crippen LogP contribution in [-0.2, 0) is 6.42 Å². The van der Waals surface area contributed by atoms with Crippen molar-refractivity contribution in [3.8, 4) is 0 Å². The van der Waals surface area contributed by atoms with Gasteiger partial charge in [-0.3, -0.25) is 0 Å². The average molecular weight is 245 g/mol. The van der Waals surface area contributed by atoms with Crippen molar-refractivity contribution in [2.45, 2.75) is 50.8 Å². The molecule has 1 fully saturated rings. The maximum atomic E-state index is 5.97. The second kappa shape index (κ2) is 5.26. The fourth-order valence-electron chi connectivity index (χ4n) is 2.15. The lowest BCUT2D eigenvalue weighted by molar-refractivity contribution is 0.356. The Balaban J connectivity index is 1.91. The molecule has 2 rings (SSSR count). The van der Waals surface area contributed by atoms with Crippen LogP contribution in [0.2, 0.25) is 0 Å². The molecule has 1 heterocycles. The molecule has 0 N–H and O–H groups in total. The minimum Gasteiger partial charge on any atom is -0.143 e. The zero-order chi connectivity index (χ0) is 10.7. The Kier molecular flexibility index (Phi) is 3.98. The molecule has 1 atom stereocenters. The number of alkyl halides is 1. The van der Waals surface area contributed by atoms with Gasteiger partial charge in [0.2, 0.25) is 0 Å². The van der Waals surface area contributed by atoms with Crippen molar-refractivity contribution >= 4 is 22.9 Å². The third kappa shape index (κ3) is 3.15. The number of halogens is 1. The molecular weight excluding hydrogens is 228 g/mol. The first-order valence-electron chi connectivity index (χ1n) is 5.72. The van der Waals surface area contributed by atoms with Gasteiger partial charge in [-0.15, -0.1) is 21.8 Å². The second-order valence-electron chi connectivity index (χ2n) is 4.36. The number of hydrogen-bond acceptors (Lipinski definition) is 3. The molecule has 0 aliphatic heterocycles. The van der Waals surface area contributed by atoms with E-state index in [9.17, 15) is 0 Å². The fraction of sp³-hybridized carbons (Fsp3) is 0.818. The van der Waals surface area contributed by atoms with Crippen molar-refractivity contribution < 1.29 is 0 Å². The molecule has 0 amide bonds. The highest BCUT2D eigenvalue weighted by Gasteiger charge is 2.17. The number of nitrogens with zero attached hydrogens (tertiary/aromatic N) is 2. The summed E-state index contributed by atoms with van der Waals surface area (Å²) in [4.78, 5) is 0. The van der Waals surface area contributed by atoms with E-state index in [0.717, 1.165) is 17.3 Å². The summed E-state index contributed by atoms with van der Waals surface area (Å²) in [6, 6.07) is 0. The van der Waals surface area contributed by atoms with E-state index in [1.54, 1.807) is 11.3 Å². The average Bonchev–Trinajstić information content (AvgIpc) is 2.68. The largest absolute Gasteiger partial charge is 0.143 e. The Morgan fingerprint density at radius 3 is 2.67 bits per heavy atom. The van der Waals surface area contributed by atoms with E-state index >= 15 is 0 Å². The molecule has 15 heavy (non-hydrogen) atoms. The standard InChI is InChI=1S/C11H17ClN2S/c1-8(12)11-14-13-10(15-11)7-9-5-3-2-4-6-9/h8-9H,2-7H2,1H3. The molecule has 2 nitrogen and oxygen atoms in total. The van der Waals surface area contributed by atoms with Crippen LogP contribution in [0.3, 0.4) is 0 Å². The monoisotopic (exact) mass is 244 g/mol. The Bertz CT molecular complexity index is 305. The van der Waals surface area contributed by atoms with E-state index in [1.165, 1.54) is 37.1 Å². The van der Waals surface area contributed by atoms with E-state index in [2.05, 4.69) is 10.2 Å². The number of aromatic nitrogens is 2. The van der Waals surface area contributed by atoms with Crippen LogP contribution >= 0.6 is 22.9 Å². The Hall–Kier alpha value is -0.150. The first-order valence-corrected chi connectivity index (χ1v) is 6.97. The maximum Gasteiger partial charge on any atom is 0.135 e. The highest BCUT2D eigenvalue weighted by molar-refractivity contribution is 7.11. The van der Waals surface area contributed by atoms with Crippen molar-refractivity contribution in [3.05, 3.63) is 10.0 Å². The van der Waals surface area contributed by atoms with Crippen molar-refractivity contribution in [3.63, 3.8) is 0 Å². The van der Waals surface area contributed by atoms with Gasteiger partial charge in [-0.1, -0.05) is 43.4 Å². The van der Waals surface area contributed by atoms with E-state index < -0.39 is 0 Å². The van der Waals surface area contributed by atoms with Crippen LogP contribution < -0.4 is 0 Å². The predicted octanol–water partition coefficient (Wildman–Crippen LogP) is 3.96. The summed E-state index contributed by atoms with van der Waals surface area (Å²) < 4.78 is 0. The quantitative estimate of drug-likeness (QED) is 0.753. The van der Waals surface area contributed by atoms with Crippen LogP contribution in [0.1, 0.15) is 54.4 Å². The van der Waals surface area contributed by atoms with Gasteiger partial charge in [0.25, 0.3) is 0 Å². The second-order valence-corrected chi connectivity index (χ2v) is 6.11. The van der Waals surface area contributed by atoms with Crippen LogP contribution in [0.15, 0.2) is 0 Å². The molecule has 0 aromatic carbocycles. The topological polar surface area (TPSA) is 25.8 Å².